The predicted molar refractivity (Wildman–Crippen MR) is 142 cm³/mol. The summed E-state index contributed by atoms with van der Waals surface area (Å²) in [4.78, 5) is 27.5. The van der Waals surface area contributed by atoms with Crippen molar-refractivity contribution in [1.29, 1.82) is 0 Å². The largest absolute Gasteiger partial charge is 0.357 e. The fraction of sp³-hybridized carbons (Fsp3) is 0.286. The highest BCUT2D eigenvalue weighted by molar-refractivity contribution is 7.92. The van der Waals surface area contributed by atoms with Crippen molar-refractivity contribution in [1.82, 2.24) is 10.2 Å². The maximum absolute atomic E-state index is 14.5. The van der Waals surface area contributed by atoms with Crippen LogP contribution in [0.5, 0.6) is 0 Å². The molecule has 0 aromatic heterocycles. The second kappa shape index (κ2) is 11.6. The van der Waals surface area contributed by atoms with Crippen LogP contribution >= 0.6 is 0 Å². The topological polar surface area (TPSA) is 86.8 Å². The Morgan fingerprint density at radius 3 is 2.16 bits per heavy atom. The van der Waals surface area contributed by atoms with Crippen LogP contribution in [0, 0.1) is 26.6 Å². The first kappa shape index (κ1) is 27.9. The van der Waals surface area contributed by atoms with Gasteiger partial charge >= 0.3 is 0 Å². The van der Waals surface area contributed by atoms with Crippen LogP contribution < -0.4 is 9.62 Å². The van der Waals surface area contributed by atoms with E-state index in [0.29, 0.717) is 11.3 Å². The zero-order chi connectivity index (χ0) is 27.3. The van der Waals surface area contributed by atoms with Crippen LogP contribution in [-0.4, -0.2) is 44.8 Å². The first-order valence-corrected chi connectivity index (χ1v) is 13.3. The van der Waals surface area contributed by atoms with E-state index in [0.717, 1.165) is 15.4 Å². The Kier molecular flexibility index (Phi) is 8.70. The number of likely N-dealkylation sites (N-methyl/N-ethyl adjacent to an activating group) is 1. The van der Waals surface area contributed by atoms with Crippen molar-refractivity contribution in [3.05, 3.63) is 94.8 Å². The lowest BCUT2D eigenvalue weighted by atomic mass is 10.1. The number of sulfonamides is 1. The molecule has 0 aliphatic heterocycles. The van der Waals surface area contributed by atoms with E-state index >= 15 is 0 Å². The van der Waals surface area contributed by atoms with E-state index in [1.807, 2.05) is 19.9 Å². The number of carbonyl (C=O) groups excluding carboxylic acids is 2. The van der Waals surface area contributed by atoms with Crippen LogP contribution in [0.25, 0.3) is 0 Å². The van der Waals surface area contributed by atoms with Crippen LogP contribution in [0.4, 0.5) is 10.1 Å². The van der Waals surface area contributed by atoms with Gasteiger partial charge in [-0.2, -0.15) is 0 Å². The molecule has 1 atom stereocenters. The summed E-state index contributed by atoms with van der Waals surface area (Å²) in [6.45, 7) is 6.26. The molecule has 3 aromatic carbocycles. The van der Waals surface area contributed by atoms with Gasteiger partial charge in [-0.1, -0.05) is 53.6 Å². The van der Waals surface area contributed by atoms with Gasteiger partial charge in [-0.25, -0.2) is 12.8 Å². The molecule has 0 bridgehead atoms. The van der Waals surface area contributed by atoms with E-state index in [9.17, 15) is 22.4 Å². The number of nitrogens with one attached hydrogen (secondary N) is 1. The molecule has 0 saturated carbocycles. The highest BCUT2D eigenvalue weighted by Crippen LogP contribution is 2.28. The molecule has 0 saturated heterocycles. The number of halogens is 1. The van der Waals surface area contributed by atoms with Gasteiger partial charge in [-0.15, -0.1) is 0 Å². The average molecular weight is 526 g/mol. The molecule has 37 heavy (non-hydrogen) atoms. The molecule has 3 rings (SSSR count). The van der Waals surface area contributed by atoms with Crippen molar-refractivity contribution in [3.8, 4) is 0 Å². The summed E-state index contributed by atoms with van der Waals surface area (Å²) in [5, 5.41) is 2.50. The maximum atomic E-state index is 14.5. The first-order valence-electron chi connectivity index (χ1n) is 11.9. The molecule has 2 amide bonds. The van der Waals surface area contributed by atoms with E-state index in [1.165, 1.54) is 49.2 Å². The van der Waals surface area contributed by atoms with E-state index in [4.69, 9.17) is 0 Å². The SMILES string of the molecule is CNC(=O)[C@@H](C)N(Cc1ccccc1F)C(=O)CN(c1ccc(C)cc1C)S(=O)(=O)c1ccc(C)cc1. The summed E-state index contributed by atoms with van der Waals surface area (Å²) < 4.78 is 43.2. The molecule has 1 N–H and O–H groups in total. The standard InChI is InChI=1S/C28H32FN3O4S/c1-19-10-13-24(14-11-19)37(35,36)32(26-15-12-20(2)16-21(26)3)18-27(33)31(22(4)28(34)30-5)17-23-8-6-7-9-25(23)29/h6-16,22H,17-18H2,1-5H3,(H,30,34)/t22-/m1/s1. The van der Waals surface area contributed by atoms with Gasteiger partial charge in [0.1, 0.15) is 18.4 Å². The summed E-state index contributed by atoms with van der Waals surface area (Å²) in [7, 11) is -2.72. The van der Waals surface area contributed by atoms with Crippen LogP contribution in [0.2, 0.25) is 0 Å². The second-order valence-corrected chi connectivity index (χ2v) is 10.9. The van der Waals surface area contributed by atoms with E-state index in [2.05, 4.69) is 5.32 Å². The molecular weight excluding hydrogens is 493 g/mol. The Morgan fingerprint density at radius 2 is 1.57 bits per heavy atom. The van der Waals surface area contributed by atoms with Gasteiger partial charge in [-0.05, 0) is 57.5 Å². The molecule has 0 spiro atoms. The summed E-state index contributed by atoms with van der Waals surface area (Å²) in [5.74, 6) is -1.62. The monoisotopic (exact) mass is 525 g/mol. The normalized spacial score (nSPS) is 12.1. The van der Waals surface area contributed by atoms with E-state index in [-0.39, 0.29) is 17.0 Å². The van der Waals surface area contributed by atoms with Gasteiger partial charge < -0.3 is 10.2 Å². The fourth-order valence-electron chi connectivity index (χ4n) is 4.04. The molecular formula is C28H32FN3O4S. The number of amides is 2. The third kappa shape index (κ3) is 6.35. The molecule has 196 valence electrons. The van der Waals surface area contributed by atoms with Crippen molar-refractivity contribution in [2.75, 3.05) is 17.9 Å². The maximum Gasteiger partial charge on any atom is 0.264 e. The first-order chi connectivity index (χ1) is 17.4. The second-order valence-electron chi connectivity index (χ2n) is 9.02. The molecule has 0 fully saturated rings. The summed E-state index contributed by atoms with van der Waals surface area (Å²) in [6.07, 6.45) is 0. The molecule has 7 nitrogen and oxygen atoms in total. The van der Waals surface area contributed by atoms with Gasteiger partial charge in [0.25, 0.3) is 10.0 Å². The predicted octanol–water partition coefficient (Wildman–Crippen LogP) is 4.11. The van der Waals surface area contributed by atoms with Crippen LogP contribution in [0.3, 0.4) is 0 Å². The highest BCUT2D eigenvalue weighted by atomic mass is 32.2. The van der Waals surface area contributed by atoms with Gasteiger partial charge in [-0.3, -0.25) is 13.9 Å². The Hall–Kier alpha value is -3.72. The Labute approximate surface area is 218 Å². The Morgan fingerprint density at radius 1 is 0.946 bits per heavy atom. The van der Waals surface area contributed by atoms with Crippen molar-refractivity contribution in [2.24, 2.45) is 0 Å². The Bertz CT molecular complexity index is 1390. The average Bonchev–Trinajstić information content (AvgIpc) is 2.86. The highest BCUT2D eigenvalue weighted by Gasteiger charge is 2.33. The van der Waals surface area contributed by atoms with E-state index < -0.39 is 40.2 Å². The van der Waals surface area contributed by atoms with Crippen LogP contribution in [0.1, 0.15) is 29.2 Å². The molecule has 0 aliphatic carbocycles. The molecule has 3 aromatic rings. The van der Waals surface area contributed by atoms with Gasteiger partial charge in [0.15, 0.2) is 0 Å². The number of hydrogen-bond acceptors (Lipinski definition) is 4. The summed E-state index contributed by atoms with van der Waals surface area (Å²) in [6, 6.07) is 16.6. The molecule has 9 heteroatoms. The lowest BCUT2D eigenvalue weighted by Crippen LogP contribution is -2.51. The zero-order valence-electron chi connectivity index (χ0n) is 21.7. The van der Waals surface area contributed by atoms with Gasteiger partial charge in [0.2, 0.25) is 11.8 Å². The van der Waals surface area contributed by atoms with E-state index in [1.54, 1.807) is 37.3 Å². The van der Waals surface area contributed by atoms with Crippen molar-refractivity contribution in [3.63, 3.8) is 0 Å². The van der Waals surface area contributed by atoms with Crippen molar-refractivity contribution < 1.29 is 22.4 Å². The summed E-state index contributed by atoms with van der Waals surface area (Å²) >= 11 is 0. The number of benzene rings is 3. The van der Waals surface area contributed by atoms with Crippen LogP contribution in [-0.2, 0) is 26.2 Å². The number of hydrogen-bond donors (Lipinski definition) is 1. The minimum Gasteiger partial charge on any atom is -0.357 e. The third-order valence-corrected chi connectivity index (χ3v) is 8.00. The van der Waals surface area contributed by atoms with Crippen molar-refractivity contribution >= 4 is 27.5 Å². The quantitative estimate of drug-likeness (QED) is 0.456. The third-order valence-electron chi connectivity index (χ3n) is 6.22. The molecule has 0 unspecified atom stereocenters. The minimum atomic E-state index is -4.16. The van der Waals surface area contributed by atoms with Gasteiger partial charge in [0, 0.05) is 19.2 Å². The fourth-order valence-corrected chi connectivity index (χ4v) is 5.52. The number of rotatable bonds is 9. The molecule has 0 aliphatic rings. The number of aryl methyl sites for hydroxylation is 3. The number of carbonyl (C=O) groups is 2. The van der Waals surface area contributed by atoms with Gasteiger partial charge in [0.05, 0.1) is 10.6 Å². The summed E-state index contributed by atoms with van der Waals surface area (Å²) in [5.41, 5.74) is 3.06. The minimum absolute atomic E-state index is 0.0332. The lowest BCUT2D eigenvalue weighted by molar-refractivity contribution is -0.139. The lowest BCUT2D eigenvalue weighted by Gasteiger charge is -2.32. The zero-order valence-corrected chi connectivity index (χ0v) is 22.5. The number of nitrogens with zero attached hydrogens (tertiary/aromatic N) is 2. The number of anilines is 1. The molecule has 0 radical (unpaired) electrons. The van der Waals surface area contributed by atoms with Crippen molar-refractivity contribution in [2.45, 2.75) is 45.2 Å². The van der Waals surface area contributed by atoms with Crippen LogP contribution in [0.15, 0.2) is 71.6 Å². The Balaban J connectivity index is 2.08. The molecule has 0 heterocycles. The smallest absolute Gasteiger partial charge is 0.264 e.